The monoisotopic (exact) mass is 344 g/mol. The molecule has 1 aromatic carbocycles. The van der Waals surface area contributed by atoms with Gasteiger partial charge in [0.2, 0.25) is 0 Å². The molecule has 0 saturated heterocycles. The molecule has 1 fully saturated rings. The molecular formula is C20H28N2O3. The van der Waals surface area contributed by atoms with Crippen LogP contribution in [0.15, 0.2) is 18.2 Å². The van der Waals surface area contributed by atoms with Gasteiger partial charge in [-0.3, -0.25) is 4.79 Å². The summed E-state index contributed by atoms with van der Waals surface area (Å²) in [7, 11) is 0. The van der Waals surface area contributed by atoms with Gasteiger partial charge in [0.15, 0.2) is 0 Å². The van der Waals surface area contributed by atoms with Gasteiger partial charge in [0, 0.05) is 6.61 Å². The van der Waals surface area contributed by atoms with E-state index in [0.29, 0.717) is 36.1 Å². The van der Waals surface area contributed by atoms with Crippen LogP contribution < -0.4 is 10.1 Å². The van der Waals surface area contributed by atoms with Crippen molar-refractivity contribution < 1.29 is 14.3 Å². The van der Waals surface area contributed by atoms with E-state index in [1.54, 1.807) is 18.2 Å². The summed E-state index contributed by atoms with van der Waals surface area (Å²) in [5, 5.41) is 12.3. The quantitative estimate of drug-likeness (QED) is 0.802. The lowest BCUT2D eigenvalue weighted by Gasteiger charge is -2.38. The minimum atomic E-state index is -0.793. The number of nitriles is 1. The van der Waals surface area contributed by atoms with Crippen LogP contribution in [0.2, 0.25) is 0 Å². The molecule has 25 heavy (non-hydrogen) atoms. The van der Waals surface area contributed by atoms with E-state index in [-0.39, 0.29) is 5.91 Å². The van der Waals surface area contributed by atoms with E-state index in [2.05, 4.69) is 18.3 Å². The normalized spacial score (nSPS) is 22.9. The van der Waals surface area contributed by atoms with Crippen molar-refractivity contribution in [1.82, 2.24) is 0 Å². The Morgan fingerprint density at radius 2 is 2.24 bits per heavy atom. The molecule has 1 saturated carbocycles. The van der Waals surface area contributed by atoms with Gasteiger partial charge < -0.3 is 14.8 Å². The third kappa shape index (κ3) is 4.73. The summed E-state index contributed by atoms with van der Waals surface area (Å²) in [6, 6.07) is 7.28. The van der Waals surface area contributed by atoms with Gasteiger partial charge in [0.25, 0.3) is 5.91 Å². The maximum absolute atomic E-state index is 13.0. The number of hydrogen-bond donors (Lipinski definition) is 1. The molecule has 2 unspecified atom stereocenters. The largest absolute Gasteiger partial charge is 0.494 e. The summed E-state index contributed by atoms with van der Waals surface area (Å²) in [5.41, 5.74) is 0.112. The van der Waals surface area contributed by atoms with Gasteiger partial charge in [-0.05, 0) is 56.7 Å². The molecule has 1 N–H and O–H groups in total. The van der Waals surface area contributed by atoms with Crippen LogP contribution in [0.5, 0.6) is 5.75 Å². The molecule has 0 spiro atoms. The van der Waals surface area contributed by atoms with E-state index in [1.807, 2.05) is 13.8 Å². The summed E-state index contributed by atoms with van der Waals surface area (Å²) in [4.78, 5) is 13.0. The maximum Gasteiger partial charge on any atom is 0.256 e. The Balaban J connectivity index is 2.21. The molecular weight excluding hydrogens is 316 g/mol. The number of nitrogens with one attached hydrogen (secondary N) is 1. The average molecular weight is 344 g/mol. The number of hydrogen-bond acceptors (Lipinski definition) is 4. The number of benzene rings is 1. The summed E-state index contributed by atoms with van der Waals surface area (Å²) < 4.78 is 11.5. The smallest absolute Gasteiger partial charge is 0.256 e. The van der Waals surface area contributed by atoms with Crippen molar-refractivity contribution in [1.29, 1.82) is 5.26 Å². The molecule has 0 aliphatic heterocycles. The lowest BCUT2D eigenvalue weighted by atomic mass is 9.78. The highest BCUT2D eigenvalue weighted by molar-refractivity contribution is 5.98. The van der Waals surface area contributed by atoms with Gasteiger partial charge in [-0.25, -0.2) is 0 Å². The van der Waals surface area contributed by atoms with Crippen LogP contribution >= 0.6 is 0 Å². The molecule has 0 aromatic heterocycles. The van der Waals surface area contributed by atoms with Crippen molar-refractivity contribution in [3.05, 3.63) is 23.8 Å². The Bertz CT molecular complexity index is 638. The average Bonchev–Trinajstić information content (AvgIpc) is 2.61. The van der Waals surface area contributed by atoms with Gasteiger partial charge in [0.05, 0.1) is 17.9 Å². The fourth-order valence-electron chi connectivity index (χ4n) is 3.42. The zero-order chi connectivity index (χ0) is 18.3. The first-order valence-electron chi connectivity index (χ1n) is 9.17. The van der Waals surface area contributed by atoms with Gasteiger partial charge in [-0.1, -0.05) is 20.3 Å². The number of nitrogens with zero attached hydrogens (tertiary/aromatic N) is 1. The van der Waals surface area contributed by atoms with Crippen LogP contribution in [-0.2, 0) is 9.53 Å². The summed E-state index contributed by atoms with van der Waals surface area (Å²) >= 11 is 0. The van der Waals surface area contributed by atoms with Crippen molar-refractivity contribution >= 4 is 11.6 Å². The van der Waals surface area contributed by atoms with Crippen LogP contribution in [0.4, 0.5) is 5.69 Å². The van der Waals surface area contributed by atoms with Gasteiger partial charge in [-0.2, -0.15) is 5.26 Å². The Morgan fingerprint density at radius 1 is 1.44 bits per heavy atom. The van der Waals surface area contributed by atoms with E-state index in [4.69, 9.17) is 9.47 Å². The molecule has 1 amide bonds. The van der Waals surface area contributed by atoms with Crippen molar-refractivity contribution in [3.63, 3.8) is 0 Å². The van der Waals surface area contributed by atoms with Crippen LogP contribution in [-0.4, -0.2) is 24.7 Å². The molecule has 1 aliphatic carbocycles. The Morgan fingerprint density at radius 3 is 2.88 bits per heavy atom. The number of ether oxygens (including phenoxy) is 2. The second-order valence-corrected chi connectivity index (χ2v) is 6.75. The fraction of sp³-hybridized carbons (Fsp3) is 0.600. The molecule has 0 bridgehead atoms. The summed E-state index contributed by atoms with van der Waals surface area (Å²) in [6.07, 6.45) is 4.42. The first kappa shape index (κ1) is 19.3. The second-order valence-electron chi connectivity index (χ2n) is 6.75. The molecule has 0 heterocycles. The number of anilines is 1. The lowest BCUT2D eigenvalue weighted by molar-refractivity contribution is -0.148. The maximum atomic E-state index is 13.0. The standard InChI is InChI=1S/C20H28N2O3/c1-4-11-25-20(10-6-7-15(3)13-20)19(23)22-18-9-8-17(24-5-2)12-16(18)14-21/h8-9,12,15H,4-7,10-11,13H2,1-3H3,(H,22,23). The molecule has 1 aliphatic rings. The molecule has 1 aromatic rings. The van der Waals surface area contributed by atoms with E-state index in [1.165, 1.54) is 0 Å². The van der Waals surface area contributed by atoms with E-state index < -0.39 is 5.60 Å². The Labute approximate surface area is 150 Å². The van der Waals surface area contributed by atoms with E-state index in [0.717, 1.165) is 32.1 Å². The molecule has 5 nitrogen and oxygen atoms in total. The highest BCUT2D eigenvalue weighted by Gasteiger charge is 2.42. The van der Waals surface area contributed by atoms with Gasteiger partial charge in [0.1, 0.15) is 17.4 Å². The van der Waals surface area contributed by atoms with Gasteiger partial charge in [-0.15, -0.1) is 0 Å². The molecule has 0 radical (unpaired) electrons. The summed E-state index contributed by atoms with van der Waals surface area (Å²) in [5.74, 6) is 0.931. The molecule has 5 heteroatoms. The number of carbonyl (C=O) groups excluding carboxylic acids is 1. The predicted molar refractivity (Wildman–Crippen MR) is 97.6 cm³/mol. The molecule has 2 rings (SSSR count). The second kappa shape index (κ2) is 8.87. The van der Waals surface area contributed by atoms with Crippen LogP contribution in [0.25, 0.3) is 0 Å². The first-order chi connectivity index (χ1) is 12.0. The number of rotatable bonds is 7. The number of amides is 1. The zero-order valence-corrected chi connectivity index (χ0v) is 15.4. The minimum absolute atomic E-state index is 0.145. The highest BCUT2D eigenvalue weighted by atomic mass is 16.5. The van der Waals surface area contributed by atoms with E-state index in [9.17, 15) is 10.1 Å². The third-order valence-corrected chi connectivity index (χ3v) is 4.62. The fourth-order valence-corrected chi connectivity index (χ4v) is 3.42. The van der Waals surface area contributed by atoms with Crippen molar-refractivity contribution in [2.75, 3.05) is 18.5 Å². The highest BCUT2D eigenvalue weighted by Crippen LogP contribution is 2.36. The third-order valence-electron chi connectivity index (χ3n) is 4.62. The van der Waals surface area contributed by atoms with Gasteiger partial charge >= 0.3 is 0 Å². The van der Waals surface area contributed by atoms with Crippen LogP contribution in [0.3, 0.4) is 0 Å². The molecule has 2 atom stereocenters. The van der Waals surface area contributed by atoms with Crippen LogP contribution in [0.1, 0.15) is 58.4 Å². The van der Waals surface area contributed by atoms with Crippen LogP contribution in [0, 0.1) is 17.2 Å². The first-order valence-corrected chi connectivity index (χ1v) is 9.17. The van der Waals surface area contributed by atoms with Crippen molar-refractivity contribution in [2.45, 2.75) is 58.5 Å². The minimum Gasteiger partial charge on any atom is -0.494 e. The number of carbonyl (C=O) groups is 1. The topological polar surface area (TPSA) is 71.3 Å². The predicted octanol–water partition coefficient (Wildman–Crippen LogP) is 4.27. The van der Waals surface area contributed by atoms with E-state index >= 15 is 0 Å². The lowest BCUT2D eigenvalue weighted by Crippen LogP contribution is -2.48. The Kier molecular flexibility index (Phi) is 6.83. The SMILES string of the molecule is CCCOC1(C(=O)Nc2ccc(OCC)cc2C#N)CCCC(C)C1. The summed E-state index contributed by atoms with van der Waals surface area (Å²) in [6.45, 7) is 7.18. The molecule has 136 valence electrons. The van der Waals surface area contributed by atoms with Crippen molar-refractivity contribution in [3.8, 4) is 11.8 Å². The van der Waals surface area contributed by atoms with Crippen molar-refractivity contribution in [2.24, 2.45) is 5.92 Å². The Hall–Kier alpha value is -2.06. The zero-order valence-electron chi connectivity index (χ0n) is 15.4.